The second-order valence-electron chi connectivity index (χ2n) is 3.17. The van der Waals surface area contributed by atoms with E-state index in [2.05, 4.69) is 0 Å². The van der Waals surface area contributed by atoms with Gasteiger partial charge in [-0.1, -0.05) is 23.7 Å². The number of aryl methyl sites for hydroxylation is 1. The number of nitrogens with two attached hydrogens (primary N) is 1. The Bertz CT molecular complexity index is 266. The maximum Gasteiger partial charge on any atom is 0.140 e. The van der Waals surface area contributed by atoms with Crippen molar-refractivity contribution in [3.8, 4) is 5.75 Å². The molecule has 1 atom stereocenters. The summed E-state index contributed by atoms with van der Waals surface area (Å²) < 4.78 is 5.47. The largest absolute Gasteiger partial charge is 0.490 e. The third kappa shape index (κ3) is 2.90. The minimum atomic E-state index is 0.0238. The van der Waals surface area contributed by atoms with Gasteiger partial charge in [-0.05, 0) is 25.5 Å². The van der Waals surface area contributed by atoms with Crippen molar-refractivity contribution < 1.29 is 4.74 Å². The third-order valence-corrected chi connectivity index (χ3v) is 1.95. The molecule has 0 aliphatic rings. The topological polar surface area (TPSA) is 35.2 Å². The standard InChI is InChI=1S/C10H14ClNO/c1-7-4-3-5-9(11)10(7)13-6-8(2)12/h3-5,8H,6,12H2,1-2H3/t8-/m1/s1. The third-order valence-electron chi connectivity index (χ3n) is 1.65. The molecule has 0 heterocycles. The Kier molecular flexibility index (Phi) is 3.58. The summed E-state index contributed by atoms with van der Waals surface area (Å²) in [6.45, 7) is 4.35. The molecule has 0 saturated carbocycles. The lowest BCUT2D eigenvalue weighted by atomic mass is 10.2. The Morgan fingerprint density at radius 3 is 2.77 bits per heavy atom. The van der Waals surface area contributed by atoms with Gasteiger partial charge in [0, 0.05) is 6.04 Å². The molecular formula is C10H14ClNO. The summed E-state index contributed by atoms with van der Waals surface area (Å²) in [4.78, 5) is 0. The molecule has 0 aliphatic carbocycles. The van der Waals surface area contributed by atoms with E-state index in [1.165, 1.54) is 0 Å². The first-order valence-electron chi connectivity index (χ1n) is 4.24. The van der Waals surface area contributed by atoms with Gasteiger partial charge in [0.25, 0.3) is 0 Å². The van der Waals surface area contributed by atoms with E-state index in [0.29, 0.717) is 11.6 Å². The Morgan fingerprint density at radius 2 is 2.23 bits per heavy atom. The van der Waals surface area contributed by atoms with Crippen molar-refractivity contribution in [3.05, 3.63) is 28.8 Å². The van der Waals surface area contributed by atoms with E-state index in [4.69, 9.17) is 22.1 Å². The molecule has 1 rings (SSSR count). The Balaban J connectivity index is 2.75. The summed E-state index contributed by atoms with van der Waals surface area (Å²) in [6, 6.07) is 5.69. The van der Waals surface area contributed by atoms with Crippen molar-refractivity contribution in [2.75, 3.05) is 6.61 Å². The molecule has 0 radical (unpaired) electrons. The van der Waals surface area contributed by atoms with E-state index in [-0.39, 0.29) is 6.04 Å². The van der Waals surface area contributed by atoms with Gasteiger partial charge in [-0.2, -0.15) is 0 Å². The average Bonchev–Trinajstić information content (AvgIpc) is 2.03. The minimum Gasteiger partial charge on any atom is -0.490 e. The SMILES string of the molecule is Cc1cccc(Cl)c1OC[C@@H](C)N. The normalized spacial score (nSPS) is 12.6. The summed E-state index contributed by atoms with van der Waals surface area (Å²) in [7, 11) is 0. The zero-order chi connectivity index (χ0) is 9.84. The van der Waals surface area contributed by atoms with E-state index in [9.17, 15) is 0 Å². The first kappa shape index (κ1) is 10.4. The number of hydrogen-bond donors (Lipinski definition) is 1. The zero-order valence-corrected chi connectivity index (χ0v) is 8.64. The van der Waals surface area contributed by atoms with Crippen LogP contribution < -0.4 is 10.5 Å². The number of halogens is 1. The van der Waals surface area contributed by atoms with Crippen molar-refractivity contribution >= 4 is 11.6 Å². The first-order chi connectivity index (χ1) is 6.11. The fourth-order valence-electron chi connectivity index (χ4n) is 1.01. The van der Waals surface area contributed by atoms with Crippen LogP contribution in [0.2, 0.25) is 5.02 Å². The van der Waals surface area contributed by atoms with Crippen LogP contribution in [0.1, 0.15) is 12.5 Å². The summed E-state index contributed by atoms with van der Waals surface area (Å²) >= 11 is 5.95. The van der Waals surface area contributed by atoms with Crippen LogP contribution in [0.15, 0.2) is 18.2 Å². The van der Waals surface area contributed by atoms with E-state index >= 15 is 0 Å². The van der Waals surface area contributed by atoms with Crippen molar-refractivity contribution in [1.82, 2.24) is 0 Å². The molecule has 2 nitrogen and oxygen atoms in total. The molecule has 3 heteroatoms. The van der Waals surface area contributed by atoms with Crippen LogP contribution in [0.25, 0.3) is 0 Å². The Morgan fingerprint density at radius 1 is 1.54 bits per heavy atom. The van der Waals surface area contributed by atoms with Gasteiger partial charge in [-0.25, -0.2) is 0 Å². The summed E-state index contributed by atoms with van der Waals surface area (Å²) in [5.74, 6) is 0.737. The summed E-state index contributed by atoms with van der Waals surface area (Å²) in [5, 5.41) is 0.639. The lowest BCUT2D eigenvalue weighted by molar-refractivity contribution is 0.294. The molecule has 0 amide bonds. The molecule has 0 bridgehead atoms. The van der Waals surface area contributed by atoms with Gasteiger partial charge in [0.15, 0.2) is 0 Å². The van der Waals surface area contributed by atoms with Gasteiger partial charge in [-0.3, -0.25) is 0 Å². The van der Waals surface area contributed by atoms with Gasteiger partial charge in [0.2, 0.25) is 0 Å². The van der Waals surface area contributed by atoms with Crippen molar-refractivity contribution in [1.29, 1.82) is 0 Å². The number of benzene rings is 1. The van der Waals surface area contributed by atoms with Gasteiger partial charge in [0.05, 0.1) is 5.02 Å². The second kappa shape index (κ2) is 4.49. The zero-order valence-electron chi connectivity index (χ0n) is 7.88. The molecule has 2 N–H and O–H groups in total. The van der Waals surface area contributed by atoms with Crippen LogP contribution in [0.3, 0.4) is 0 Å². The van der Waals surface area contributed by atoms with Crippen molar-refractivity contribution in [2.45, 2.75) is 19.9 Å². The first-order valence-corrected chi connectivity index (χ1v) is 4.62. The molecule has 0 saturated heterocycles. The highest BCUT2D eigenvalue weighted by atomic mass is 35.5. The lowest BCUT2D eigenvalue weighted by Gasteiger charge is -2.12. The number of hydrogen-bond acceptors (Lipinski definition) is 2. The highest BCUT2D eigenvalue weighted by molar-refractivity contribution is 6.32. The van der Waals surface area contributed by atoms with Gasteiger partial charge in [0.1, 0.15) is 12.4 Å². The molecule has 0 fully saturated rings. The molecule has 0 aliphatic heterocycles. The smallest absolute Gasteiger partial charge is 0.140 e. The van der Waals surface area contributed by atoms with Crippen LogP contribution in [0, 0.1) is 6.92 Å². The fourth-order valence-corrected chi connectivity index (χ4v) is 1.29. The molecule has 72 valence electrons. The molecule has 0 unspecified atom stereocenters. The Hall–Kier alpha value is -0.730. The monoisotopic (exact) mass is 199 g/mol. The minimum absolute atomic E-state index is 0.0238. The maximum atomic E-state index is 5.95. The van der Waals surface area contributed by atoms with Crippen molar-refractivity contribution in [3.63, 3.8) is 0 Å². The average molecular weight is 200 g/mol. The predicted octanol–water partition coefficient (Wildman–Crippen LogP) is 2.37. The number of ether oxygens (including phenoxy) is 1. The molecule has 1 aromatic carbocycles. The predicted molar refractivity (Wildman–Crippen MR) is 55.3 cm³/mol. The fraction of sp³-hybridized carbons (Fsp3) is 0.400. The second-order valence-corrected chi connectivity index (χ2v) is 3.58. The maximum absolute atomic E-state index is 5.95. The molecule has 0 spiro atoms. The van der Waals surface area contributed by atoms with Gasteiger partial charge >= 0.3 is 0 Å². The highest BCUT2D eigenvalue weighted by Crippen LogP contribution is 2.27. The van der Waals surface area contributed by atoms with Crippen LogP contribution >= 0.6 is 11.6 Å². The van der Waals surface area contributed by atoms with E-state index in [1.807, 2.05) is 32.0 Å². The van der Waals surface area contributed by atoms with E-state index in [0.717, 1.165) is 11.3 Å². The van der Waals surface area contributed by atoms with Crippen LogP contribution in [-0.4, -0.2) is 12.6 Å². The number of rotatable bonds is 3. The van der Waals surface area contributed by atoms with Crippen LogP contribution in [-0.2, 0) is 0 Å². The van der Waals surface area contributed by atoms with Gasteiger partial charge in [-0.15, -0.1) is 0 Å². The van der Waals surface area contributed by atoms with Crippen LogP contribution in [0.4, 0.5) is 0 Å². The van der Waals surface area contributed by atoms with E-state index < -0.39 is 0 Å². The Labute approximate surface area is 83.6 Å². The summed E-state index contributed by atoms with van der Waals surface area (Å²) in [6.07, 6.45) is 0. The van der Waals surface area contributed by atoms with Gasteiger partial charge < -0.3 is 10.5 Å². The van der Waals surface area contributed by atoms with E-state index in [1.54, 1.807) is 0 Å². The van der Waals surface area contributed by atoms with Crippen molar-refractivity contribution in [2.24, 2.45) is 5.73 Å². The highest BCUT2D eigenvalue weighted by Gasteiger charge is 2.05. The summed E-state index contributed by atoms with van der Waals surface area (Å²) in [5.41, 5.74) is 6.61. The lowest BCUT2D eigenvalue weighted by Crippen LogP contribution is -2.23. The molecule has 0 aromatic heterocycles. The number of para-hydroxylation sites is 1. The molecule has 13 heavy (non-hydrogen) atoms. The molecular weight excluding hydrogens is 186 g/mol. The van der Waals surface area contributed by atoms with Crippen LogP contribution in [0.5, 0.6) is 5.75 Å². The molecule has 1 aromatic rings. The quantitative estimate of drug-likeness (QED) is 0.812.